The van der Waals surface area contributed by atoms with E-state index in [1.165, 1.54) is 12.1 Å². The number of nitrogens with two attached hydrogens (primary N) is 1. The molecule has 0 saturated carbocycles. The van der Waals surface area contributed by atoms with Gasteiger partial charge in [-0.05, 0) is 23.1 Å². The van der Waals surface area contributed by atoms with Gasteiger partial charge in [0.25, 0.3) is 0 Å². The molecule has 0 radical (unpaired) electrons. The van der Waals surface area contributed by atoms with Crippen molar-refractivity contribution >= 4 is 18.3 Å². The highest BCUT2D eigenvalue weighted by atomic mass is 35.5. The molecule has 4 nitrogen and oxygen atoms in total. The summed E-state index contributed by atoms with van der Waals surface area (Å²) >= 11 is 0. The summed E-state index contributed by atoms with van der Waals surface area (Å²) in [7, 11) is 0. The van der Waals surface area contributed by atoms with Gasteiger partial charge >= 0.3 is 6.61 Å². The molecule has 0 aromatic heterocycles. The summed E-state index contributed by atoms with van der Waals surface area (Å²) in [5.74, 6) is -0.218. The molecule has 1 rings (SSSR count). The van der Waals surface area contributed by atoms with Gasteiger partial charge in [-0.3, -0.25) is 4.79 Å². The SMILES string of the molecule is CC(C)(C)[C@H](N)C(=O)NCc1cccc(OC(F)F)c1.Cl. The largest absolute Gasteiger partial charge is 0.435 e. The third-order valence-electron chi connectivity index (χ3n) is 2.81. The molecule has 0 aliphatic heterocycles. The lowest BCUT2D eigenvalue weighted by molar-refractivity contribution is -0.124. The third kappa shape index (κ3) is 6.73. The fourth-order valence-corrected chi connectivity index (χ4v) is 1.52. The van der Waals surface area contributed by atoms with Gasteiger partial charge in [-0.15, -0.1) is 12.4 Å². The van der Waals surface area contributed by atoms with Crippen molar-refractivity contribution in [3.05, 3.63) is 29.8 Å². The Morgan fingerprint density at radius 2 is 2.00 bits per heavy atom. The van der Waals surface area contributed by atoms with Crippen LogP contribution in [0.4, 0.5) is 8.78 Å². The van der Waals surface area contributed by atoms with Gasteiger partial charge in [0, 0.05) is 6.54 Å². The number of rotatable bonds is 5. The Bertz CT molecular complexity index is 465. The molecule has 0 aliphatic carbocycles. The summed E-state index contributed by atoms with van der Waals surface area (Å²) < 4.78 is 28.5. The van der Waals surface area contributed by atoms with Crippen molar-refractivity contribution in [3.63, 3.8) is 0 Å². The van der Waals surface area contributed by atoms with Gasteiger partial charge in [-0.1, -0.05) is 32.9 Å². The number of nitrogens with one attached hydrogen (secondary N) is 1. The minimum absolute atomic E-state index is 0. The minimum atomic E-state index is -2.87. The Balaban J connectivity index is 0.00000400. The molecule has 1 aromatic rings. The normalized spacial score (nSPS) is 12.5. The average molecular weight is 323 g/mol. The Morgan fingerprint density at radius 3 is 2.52 bits per heavy atom. The highest BCUT2D eigenvalue weighted by molar-refractivity contribution is 5.85. The van der Waals surface area contributed by atoms with E-state index in [4.69, 9.17) is 5.73 Å². The van der Waals surface area contributed by atoms with Crippen molar-refractivity contribution in [2.24, 2.45) is 11.1 Å². The van der Waals surface area contributed by atoms with Gasteiger partial charge in [-0.25, -0.2) is 0 Å². The molecule has 0 fully saturated rings. The Hall–Kier alpha value is -1.40. The second-order valence-corrected chi connectivity index (χ2v) is 5.59. The summed E-state index contributed by atoms with van der Waals surface area (Å²) in [4.78, 5) is 11.8. The van der Waals surface area contributed by atoms with E-state index in [-0.39, 0.29) is 36.0 Å². The first-order valence-electron chi connectivity index (χ1n) is 6.27. The van der Waals surface area contributed by atoms with E-state index < -0.39 is 12.7 Å². The number of benzene rings is 1. The number of alkyl halides is 2. The highest BCUT2D eigenvalue weighted by Crippen LogP contribution is 2.18. The minimum Gasteiger partial charge on any atom is -0.435 e. The number of carbonyl (C=O) groups is 1. The van der Waals surface area contributed by atoms with E-state index in [0.717, 1.165) is 0 Å². The molecule has 21 heavy (non-hydrogen) atoms. The summed E-state index contributed by atoms with van der Waals surface area (Å²) in [5.41, 5.74) is 6.14. The number of halogens is 3. The number of carbonyl (C=O) groups excluding carboxylic acids is 1. The number of ether oxygens (including phenoxy) is 1. The predicted octanol–water partition coefficient (Wildman–Crippen LogP) is 2.70. The van der Waals surface area contributed by atoms with Crippen molar-refractivity contribution in [3.8, 4) is 5.75 Å². The molecule has 0 spiro atoms. The topological polar surface area (TPSA) is 64.4 Å². The predicted molar refractivity (Wildman–Crippen MR) is 79.6 cm³/mol. The fraction of sp³-hybridized carbons (Fsp3) is 0.500. The monoisotopic (exact) mass is 322 g/mol. The van der Waals surface area contributed by atoms with E-state index in [9.17, 15) is 13.6 Å². The van der Waals surface area contributed by atoms with Crippen LogP contribution in [-0.4, -0.2) is 18.6 Å². The summed E-state index contributed by atoms with van der Waals surface area (Å²) in [6.07, 6.45) is 0. The second kappa shape index (κ2) is 8.14. The van der Waals surface area contributed by atoms with Crippen LogP contribution in [0.25, 0.3) is 0 Å². The van der Waals surface area contributed by atoms with Crippen LogP contribution in [-0.2, 0) is 11.3 Å². The first-order chi connectivity index (χ1) is 9.20. The highest BCUT2D eigenvalue weighted by Gasteiger charge is 2.27. The maximum Gasteiger partial charge on any atom is 0.387 e. The van der Waals surface area contributed by atoms with Crippen LogP contribution in [0.3, 0.4) is 0 Å². The quantitative estimate of drug-likeness (QED) is 0.876. The number of hydrogen-bond acceptors (Lipinski definition) is 3. The third-order valence-corrected chi connectivity index (χ3v) is 2.81. The van der Waals surface area contributed by atoms with Crippen LogP contribution >= 0.6 is 12.4 Å². The van der Waals surface area contributed by atoms with Gasteiger partial charge in [0.05, 0.1) is 6.04 Å². The van der Waals surface area contributed by atoms with Crippen LogP contribution < -0.4 is 15.8 Å². The summed E-state index contributed by atoms with van der Waals surface area (Å²) in [5, 5.41) is 2.68. The average Bonchev–Trinajstić information content (AvgIpc) is 2.33. The molecule has 0 unspecified atom stereocenters. The molecule has 0 bridgehead atoms. The molecule has 1 atom stereocenters. The first kappa shape index (κ1) is 19.6. The molecule has 0 saturated heterocycles. The smallest absolute Gasteiger partial charge is 0.387 e. The molecule has 0 heterocycles. The van der Waals surface area contributed by atoms with Crippen molar-refractivity contribution in [1.29, 1.82) is 0 Å². The fourth-order valence-electron chi connectivity index (χ4n) is 1.52. The molecule has 7 heteroatoms. The Labute approximate surface area is 129 Å². The molecule has 0 aliphatic rings. The zero-order valence-electron chi connectivity index (χ0n) is 12.2. The van der Waals surface area contributed by atoms with Gasteiger partial charge < -0.3 is 15.8 Å². The molecule has 120 valence electrons. The van der Waals surface area contributed by atoms with Crippen LogP contribution in [0, 0.1) is 5.41 Å². The van der Waals surface area contributed by atoms with Crippen LogP contribution in [0.1, 0.15) is 26.3 Å². The maximum atomic E-state index is 12.1. The lowest BCUT2D eigenvalue weighted by Crippen LogP contribution is -2.48. The lowest BCUT2D eigenvalue weighted by Gasteiger charge is -2.25. The summed E-state index contributed by atoms with van der Waals surface area (Å²) in [6, 6.07) is 5.54. The molecule has 1 amide bonds. The van der Waals surface area contributed by atoms with Crippen LogP contribution in [0.15, 0.2) is 24.3 Å². The summed E-state index contributed by atoms with van der Waals surface area (Å²) in [6.45, 7) is 2.95. The van der Waals surface area contributed by atoms with Crippen LogP contribution in [0.5, 0.6) is 5.75 Å². The van der Waals surface area contributed by atoms with Gasteiger partial charge in [0.15, 0.2) is 0 Å². The van der Waals surface area contributed by atoms with Crippen molar-refractivity contribution in [2.75, 3.05) is 0 Å². The van der Waals surface area contributed by atoms with E-state index in [1.807, 2.05) is 20.8 Å². The zero-order chi connectivity index (χ0) is 15.3. The van der Waals surface area contributed by atoms with Crippen molar-refractivity contribution in [2.45, 2.75) is 40.0 Å². The van der Waals surface area contributed by atoms with E-state index in [1.54, 1.807) is 12.1 Å². The van der Waals surface area contributed by atoms with E-state index in [2.05, 4.69) is 10.1 Å². The van der Waals surface area contributed by atoms with Gasteiger partial charge in [0.2, 0.25) is 5.91 Å². The Kier molecular flexibility index (Phi) is 7.60. The van der Waals surface area contributed by atoms with Crippen molar-refractivity contribution < 1.29 is 18.3 Å². The zero-order valence-corrected chi connectivity index (χ0v) is 13.0. The molecule has 1 aromatic carbocycles. The molecular formula is C14H21ClF2N2O2. The van der Waals surface area contributed by atoms with Gasteiger partial charge in [-0.2, -0.15) is 8.78 Å². The Morgan fingerprint density at radius 1 is 1.38 bits per heavy atom. The second-order valence-electron chi connectivity index (χ2n) is 5.59. The van der Waals surface area contributed by atoms with Crippen LogP contribution in [0.2, 0.25) is 0 Å². The molecule has 3 N–H and O–H groups in total. The molecular weight excluding hydrogens is 302 g/mol. The lowest BCUT2D eigenvalue weighted by atomic mass is 9.87. The van der Waals surface area contributed by atoms with Gasteiger partial charge in [0.1, 0.15) is 5.75 Å². The van der Waals surface area contributed by atoms with E-state index in [0.29, 0.717) is 5.56 Å². The van der Waals surface area contributed by atoms with E-state index >= 15 is 0 Å². The maximum absolute atomic E-state index is 12.1. The first-order valence-corrected chi connectivity index (χ1v) is 6.27. The van der Waals surface area contributed by atoms with Crippen molar-refractivity contribution in [1.82, 2.24) is 5.32 Å². The standard InChI is InChI=1S/C14H20F2N2O2.ClH/c1-14(2,3)11(17)12(19)18-8-9-5-4-6-10(7-9)20-13(15)16;/h4-7,11,13H,8,17H2,1-3H3,(H,18,19);1H/t11-;/m1./s1. The number of hydrogen-bond donors (Lipinski definition) is 2. The number of amides is 1.